The van der Waals surface area contributed by atoms with Crippen molar-refractivity contribution in [2.24, 2.45) is 0 Å². The number of ether oxygens (including phenoxy) is 1. The van der Waals surface area contributed by atoms with Crippen LogP contribution in [0.2, 0.25) is 0 Å². The summed E-state index contributed by atoms with van der Waals surface area (Å²) in [6.07, 6.45) is 0. The summed E-state index contributed by atoms with van der Waals surface area (Å²) in [5, 5.41) is 8.73. The molecule has 3 nitrogen and oxygen atoms in total. The molecular weight excluding hydrogens is 255 g/mol. The molecule has 0 N–H and O–H groups in total. The second-order valence-corrected chi connectivity index (χ2v) is 4.44. The highest BCUT2D eigenvalue weighted by molar-refractivity contribution is 5.51. The molecule has 0 radical (unpaired) electrons. The van der Waals surface area contributed by atoms with Crippen LogP contribution in [0.3, 0.4) is 0 Å². The third-order valence-electron chi connectivity index (χ3n) is 3.11. The summed E-state index contributed by atoms with van der Waals surface area (Å²) in [5.74, 6) is 0.297. The quantitative estimate of drug-likeness (QED) is 0.855. The molecule has 102 valence electrons. The molecular formula is C16H15FN2O. The SMILES string of the molecule is COc1ccccc1CN(C)c1ccc(C#N)c(F)c1. The van der Waals surface area contributed by atoms with Gasteiger partial charge in [0.2, 0.25) is 0 Å². The Morgan fingerprint density at radius 3 is 2.65 bits per heavy atom. The van der Waals surface area contributed by atoms with Gasteiger partial charge in [-0.05, 0) is 24.3 Å². The number of nitrogens with zero attached hydrogens (tertiary/aromatic N) is 2. The number of hydrogen-bond donors (Lipinski definition) is 0. The fraction of sp³-hybridized carbons (Fsp3) is 0.188. The van der Waals surface area contributed by atoms with Crippen LogP contribution in [0, 0.1) is 17.1 Å². The molecule has 0 saturated heterocycles. The van der Waals surface area contributed by atoms with Crippen LogP contribution in [0.5, 0.6) is 5.75 Å². The molecule has 0 aliphatic rings. The molecule has 0 aromatic heterocycles. The van der Waals surface area contributed by atoms with Crippen molar-refractivity contribution < 1.29 is 9.13 Å². The van der Waals surface area contributed by atoms with Gasteiger partial charge < -0.3 is 9.64 Å². The van der Waals surface area contributed by atoms with E-state index in [0.29, 0.717) is 12.2 Å². The summed E-state index contributed by atoms with van der Waals surface area (Å²) in [6.45, 7) is 0.593. The van der Waals surface area contributed by atoms with Crippen molar-refractivity contribution >= 4 is 5.69 Å². The van der Waals surface area contributed by atoms with E-state index in [1.54, 1.807) is 13.2 Å². The van der Waals surface area contributed by atoms with Crippen LogP contribution < -0.4 is 9.64 Å². The summed E-state index contributed by atoms with van der Waals surface area (Å²) in [7, 11) is 3.49. The molecule has 2 rings (SSSR count). The van der Waals surface area contributed by atoms with Crippen molar-refractivity contribution in [3.05, 3.63) is 59.4 Å². The van der Waals surface area contributed by atoms with Gasteiger partial charge in [-0.1, -0.05) is 18.2 Å². The number of hydrogen-bond acceptors (Lipinski definition) is 3. The third-order valence-corrected chi connectivity index (χ3v) is 3.11. The van der Waals surface area contributed by atoms with Crippen molar-refractivity contribution in [3.63, 3.8) is 0 Å². The van der Waals surface area contributed by atoms with Gasteiger partial charge in [0.1, 0.15) is 17.6 Å². The van der Waals surface area contributed by atoms with Gasteiger partial charge >= 0.3 is 0 Å². The average molecular weight is 270 g/mol. The lowest BCUT2D eigenvalue weighted by Crippen LogP contribution is -2.17. The van der Waals surface area contributed by atoms with Crippen LogP contribution >= 0.6 is 0 Å². The van der Waals surface area contributed by atoms with Gasteiger partial charge in [0.05, 0.1) is 12.7 Å². The summed E-state index contributed by atoms with van der Waals surface area (Å²) in [5.41, 5.74) is 1.79. The van der Waals surface area contributed by atoms with Crippen LogP contribution in [-0.2, 0) is 6.54 Å². The molecule has 0 bridgehead atoms. The van der Waals surface area contributed by atoms with Gasteiger partial charge in [-0.15, -0.1) is 0 Å². The number of anilines is 1. The number of halogens is 1. The Kier molecular flexibility index (Phi) is 4.21. The molecule has 0 unspecified atom stereocenters. The first-order valence-electron chi connectivity index (χ1n) is 6.18. The molecule has 20 heavy (non-hydrogen) atoms. The molecule has 2 aromatic rings. The summed E-state index contributed by atoms with van der Waals surface area (Å²) in [6, 6.07) is 14.1. The lowest BCUT2D eigenvalue weighted by molar-refractivity contribution is 0.409. The summed E-state index contributed by atoms with van der Waals surface area (Å²) in [4.78, 5) is 1.90. The van der Waals surface area contributed by atoms with E-state index >= 15 is 0 Å². The van der Waals surface area contributed by atoms with Crippen LogP contribution in [0.15, 0.2) is 42.5 Å². The molecule has 0 amide bonds. The van der Waals surface area contributed by atoms with Crippen LogP contribution in [0.4, 0.5) is 10.1 Å². The number of para-hydroxylation sites is 1. The Labute approximate surface area is 117 Å². The van der Waals surface area contributed by atoms with Crippen LogP contribution in [0.25, 0.3) is 0 Å². The summed E-state index contributed by atoms with van der Waals surface area (Å²) < 4.78 is 18.9. The molecule has 0 atom stereocenters. The summed E-state index contributed by atoms with van der Waals surface area (Å²) >= 11 is 0. The largest absolute Gasteiger partial charge is 0.496 e. The van der Waals surface area contributed by atoms with E-state index in [1.807, 2.05) is 42.3 Å². The number of nitriles is 1. The van der Waals surface area contributed by atoms with E-state index in [-0.39, 0.29) is 5.56 Å². The lowest BCUT2D eigenvalue weighted by atomic mass is 10.1. The second-order valence-electron chi connectivity index (χ2n) is 4.44. The van der Waals surface area contributed by atoms with E-state index in [1.165, 1.54) is 12.1 Å². The molecule has 0 fully saturated rings. The monoisotopic (exact) mass is 270 g/mol. The van der Waals surface area contributed by atoms with Crippen molar-refractivity contribution in [2.75, 3.05) is 19.1 Å². The number of methoxy groups -OCH3 is 1. The fourth-order valence-corrected chi connectivity index (χ4v) is 2.01. The molecule has 4 heteroatoms. The Morgan fingerprint density at radius 2 is 2.00 bits per heavy atom. The van der Waals surface area contributed by atoms with E-state index in [0.717, 1.165) is 11.3 Å². The van der Waals surface area contributed by atoms with Gasteiger partial charge in [-0.2, -0.15) is 5.26 Å². The number of rotatable bonds is 4. The zero-order valence-corrected chi connectivity index (χ0v) is 11.4. The smallest absolute Gasteiger partial charge is 0.143 e. The van der Waals surface area contributed by atoms with E-state index in [9.17, 15) is 4.39 Å². The molecule has 0 saturated carbocycles. The van der Waals surface area contributed by atoms with Gasteiger partial charge in [0.15, 0.2) is 0 Å². The van der Waals surface area contributed by atoms with Gasteiger partial charge in [0, 0.05) is 24.8 Å². The minimum Gasteiger partial charge on any atom is -0.496 e. The Morgan fingerprint density at radius 1 is 1.25 bits per heavy atom. The van der Waals surface area contributed by atoms with Crippen molar-refractivity contribution in [3.8, 4) is 11.8 Å². The van der Waals surface area contributed by atoms with Gasteiger partial charge in [-0.25, -0.2) is 4.39 Å². The van der Waals surface area contributed by atoms with Crippen molar-refractivity contribution in [2.45, 2.75) is 6.54 Å². The highest BCUT2D eigenvalue weighted by atomic mass is 19.1. The molecule has 0 heterocycles. The minimum absolute atomic E-state index is 0.0550. The average Bonchev–Trinajstić information content (AvgIpc) is 2.47. The third kappa shape index (κ3) is 2.89. The zero-order chi connectivity index (χ0) is 14.5. The van der Waals surface area contributed by atoms with Crippen molar-refractivity contribution in [1.29, 1.82) is 5.26 Å². The van der Waals surface area contributed by atoms with Crippen LogP contribution in [0.1, 0.15) is 11.1 Å². The maximum atomic E-state index is 13.6. The zero-order valence-electron chi connectivity index (χ0n) is 11.4. The lowest BCUT2D eigenvalue weighted by Gasteiger charge is -2.21. The Bertz CT molecular complexity index is 649. The standard InChI is InChI=1S/C16H15FN2O/c1-19(11-13-5-3-4-6-16(13)20-2)14-8-7-12(10-18)15(17)9-14/h3-9H,11H2,1-2H3. The van der Waals surface area contributed by atoms with Crippen molar-refractivity contribution in [1.82, 2.24) is 0 Å². The van der Waals surface area contributed by atoms with E-state index in [2.05, 4.69) is 0 Å². The van der Waals surface area contributed by atoms with Gasteiger partial charge in [0.25, 0.3) is 0 Å². The first kappa shape index (κ1) is 13.9. The molecule has 0 aliphatic carbocycles. The fourth-order valence-electron chi connectivity index (χ4n) is 2.01. The highest BCUT2D eigenvalue weighted by Gasteiger charge is 2.09. The predicted octanol–water partition coefficient (Wildman–Crippen LogP) is 3.34. The molecule has 0 spiro atoms. The normalized spacial score (nSPS) is 9.90. The first-order valence-corrected chi connectivity index (χ1v) is 6.18. The topological polar surface area (TPSA) is 36.3 Å². The Hall–Kier alpha value is -2.54. The van der Waals surface area contributed by atoms with E-state index in [4.69, 9.17) is 10.00 Å². The minimum atomic E-state index is -0.503. The van der Waals surface area contributed by atoms with Gasteiger partial charge in [-0.3, -0.25) is 0 Å². The predicted molar refractivity (Wildman–Crippen MR) is 76.2 cm³/mol. The van der Waals surface area contributed by atoms with E-state index < -0.39 is 5.82 Å². The maximum Gasteiger partial charge on any atom is 0.143 e. The second kappa shape index (κ2) is 6.07. The highest BCUT2D eigenvalue weighted by Crippen LogP contribution is 2.23. The Balaban J connectivity index is 2.22. The van der Waals surface area contributed by atoms with Crippen LogP contribution in [-0.4, -0.2) is 14.2 Å². The molecule has 0 aliphatic heterocycles. The maximum absolute atomic E-state index is 13.6. The first-order chi connectivity index (χ1) is 9.65. The number of benzene rings is 2. The molecule has 2 aromatic carbocycles.